The van der Waals surface area contributed by atoms with Crippen molar-refractivity contribution >= 4 is 11.9 Å². The van der Waals surface area contributed by atoms with E-state index < -0.39 is 11.6 Å². The average Bonchev–Trinajstić information content (AvgIpc) is 2.16. The first-order valence-corrected chi connectivity index (χ1v) is 5.93. The van der Waals surface area contributed by atoms with Gasteiger partial charge in [0.05, 0.1) is 0 Å². The Hall–Kier alpha value is -1.32. The minimum Gasteiger partial charge on any atom is -0.478 e. The molecule has 0 fully saturated rings. The summed E-state index contributed by atoms with van der Waals surface area (Å²) in [6, 6.07) is 0. The second-order valence-electron chi connectivity index (χ2n) is 4.61. The Balaban J connectivity index is 4.33. The van der Waals surface area contributed by atoms with Crippen LogP contribution in [0.15, 0.2) is 11.6 Å². The van der Waals surface area contributed by atoms with Crippen LogP contribution in [0.25, 0.3) is 0 Å². The van der Waals surface area contributed by atoms with Crippen LogP contribution >= 0.6 is 0 Å². The molecule has 17 heavy (non-hydrogen) atoms. The predicted molar refractivity (Wildman–Crippen MR) is 65.7 cm³/mol. The molecular weight excluding hydrogens is 220 g/mol. The van der Waals surface area contributed by atoms with Crippen LogP contribution in [0, 0.1) is 0 Å². The predicted octanol–water partition coefficient (Wildman–Crippen LogP) is 2.92. The molecular formula is C13H22O4. The zero-order valence-electron chi connectivity index (χ0n) is 11.1. The molecule has 0 saturated heterocycles. The lowest BCUT2D eigenvalue weighted by molar-refractivity contribution is -0.153. The van der Waals surface area contributed by atoms with Crippen molar-refractivity contribution in [3.05, 3.63) is 11.6 Å². The summed E-state index contributed by atoms with van der Waals surface area (Å²) in [5.74, 6) is -1.31. The highest BCUT2D eigenvalue weighted by molar-refractivity contribution is 5.81. The van der Waals surface area contributed by atoms with Crippen LogP contribution in [0.3, 0.4) is 0 Å². The van der Waals surface area contributed by atoms with Crippen LogP contribution < -0.4 is 0 Å². The van der Waals surface area contributed by atoms with Crippen LogP contribution in [0.2, 0.25) is 0 Å². The Morgan fingerprint density at radius 2 is 1.88 bits per heavy atom. The Morgan fingerprint density at radius 3 is 2.35 bits per heavy atom. The molecule has 0 radical (unpaired) electrons. The zero-order chi connectivity index (χ0) is 13.5. The van der Waals surface area contributed by atoms with Crippen molar-refractivity contribution in [1.29, 1.82) is 0 Å². The van der Waals surface area contributed by atoms with Crippen LogP contribution in [0.4, 0.5) is 0 Å². The summed E-state index contributed by atoms with van der Waals surface area (Å²) in [5.41, 5.74) is -0.337. The van der Waals surface area contributed by atoms with E-state index in [1.165, 1.54) is 0 Å². The Morgan fingerprint density at radius 1 is 1.29 bits per heavy atom. The summed E-state index contributed by atoms with van der Waals surface area (Å²) in [7, 11) is 0. The Kier molecular flexibility index (Phi) is 6.54. The van der Waals surface area contributed by atoms with Gasteiger partial charge in [0.2, 0.25) is 0 Å². The van der Waals surface area contributed by atoms with Gasteiger partial charge in [0, 0.05) is 12.5 Å². The number of esters is 1. The molecule has 4 nitrogen and oxygen atoms in total. The number of rotatable bonds is 7. The highest BCUT2D eigenvalue weighted by Gasteiger charge is 2.25. The van der Waals surface area contributed by atoms with Gasteiger partial charge in [0.25, 0.3) is 0 Å². The number of ether oxygens (including phenoxy) is 1. The number of hydrogen-bond acceptors (Lipinski definition) is 3. The summed E-state index contributed by atoms with van der Waals surface area (Å²) in [5, 5.41) is 8.64. The van der Waals surface area contributed by atoms with Gasteiger partial charge >= 0.3 is 11.9 Å². The lowest BCUT2D eigenvalue weighted by atomic mass is 9.99. The van der Waals surface area contributed by atoms with Gasteiger partial charge in [-0.3, -0.25) is 4.79 Å². The van der Waals surface area contributed by atoms with Crippen molar-refractivity contribution < 1.29 is 19.4 Å². The summed E-state index contributed by atoms with van der Waals surface area (Å²) < 4.78 is 5.28. The first kappa shape index (κ1) is 15.7. The standard InChI is InChI=1S/C13H22O4/c1-5-6-7-8-12(16)17-13(3,4)10(2)9-11(14)15/h9H,5-8H2,1-4H3,(H,14,15)/b10-9+. The van der Waals surface area contributed by atoms with Crippen LogP contribution in [-0.4, -0.2) is 22.6 Å². The number of carboxylic acid groups (broad SMARTS) is 1. The molecule has 0 aromatic carbocycles. The maximum Gasteiger partial charge on any atom is 0.328 e. The van der Waals surface area contributed by atoms with E-state index in [0.717, 1.165) is 25.3 Å². The molecule has 0 bridgehead atoms. The van der Waals surface area contributed by atoms with E-state index in [-0.39, 0.29) is 5.97 Å². The van der Waals surface area contributed by atoms with Gasteiger partial charge in [0.1, 0.15) is 5.60 Å². The fourth-order valence-electron chi connectivity index (χ4n) is 1.29. The van der Waals surface area contributed by atoms with Gasteiger partial charge in [0.15, 0.2) is 0 Å². The highest BCUT2D eigenvalue weighted by Crippen LogP contribution is 2.21. The maximum absolute atomic E-state index is 11.5. The van der Waals surface area contributed by atoms with Crippen molar-refractivity contribution in [3.8, 4) is 0 Å². The van der Waals surface area contributed by atoms with E-state index in [4.69, 9.17) is 9.84 Å². The summed E-state index contributed by atoms with van der Waals surface area (Å²) in [6.45, 7) is 7.10. The van der Waals surface area contributed by atoms with E-state index in [1.54, 1.807) is 20.8 Å². The third-order valence-electron chi connectivity index (χ3n) is 2.64. The van der Waals surface area contributed by atoms with E-state index in [9.17, 15) is 9.59 Å². The molecule has 0 aromatic heterocycles. The van der Waals surface area contributed by atoms with Crippen molar-refractivity contribution in [3.63, 3.8) is 0 Å². The normalized spacial score (nSPS) is 12.4. The molecule has 0 spiro atoms. The monoisotopic (exact) mass is 242 g/mol. The zero-order valence-corrected chi connectivity index (χ0v) is 11.1. The fourth-order valence-corrected chi connectivity index (χ4v) is 1.29. The SMILES string of the molecule is CCCCCC(=O)OC(C)(C)/C(C)=C/C(=O)O. The highest BCUT2D eigenvalue weighted by atomic mass is 16.6. The van der Waals surface area contributed by atoms with E-state index in [1.807, 2.05) is 0 Å². The first-order valence-electron chi connectivity index (χ1n) is 5.93. The molecule has 0 aliphatic heterocycles. The number of hydrogen-bond donors (Lipinski definition) is 1. The maximum atomic E-state index is 11.5. The summed E-state index contributed by atoms with van der Waals surface area (Å²) >= 11 is 0. The van der Waals surface area contributed by atoms with Gasteiger partial charge in [-0.1, -0.05) is 19.8 Å². The van der Waals surface area contributed by atoms with Crippen LogP contribution in [0.1, 0.15) is 53.4 Å². The van der Waals surface area contributed by atoms with E-state index in [0.29, 0.717) is 12.0 Å². The molecule has 1 N–H and O–H groups in total. The molecule has 0 heterocycles. The van der Waals surface area contributed by atoms with Gasteiger partial charge in [-0.05, 0) is 32.8 Å². The largest absolute Gasteiger partial charge is 0.478 e. The second-order valence-corrected chi connectivity index (χ2v) is 4.61. The number of carbonyl (C=O) groups excluding carboxylic acids is 1. The van der Waals surface area contributed by atoms with Crippen LogP contribution in [-0.2, 0) is 14.3 Å². The molecule has 4 heteroatoms. The number of unbranched alkanes of at least 4 members (excludes halogenated alkanes) is 2. The molecule has 0 amide bonds. The lowest BCUT2D eigenvalue weighted by Crippen LogP contribution is -2.29. The fraction of sp³-hybridized carbons (Fsp3) is 0.692. The van der Waals surface area contributed by atoms with E-state index >= 15 is 0 Å². The quantitative estimate of drug-likeness (QED) is 0.423. The number of carboxylic acids is 1. The summed E-state index contributed by atoms with van der Waals surface area (Å²) in [6.07, 6.45) is 4.32. The lowest BCUT2D eigenvalue weighted by Gasteiger charge is -2.26. The molecule has 0 aliphatic carbocycles. The van der Waals surface area contributed by atoms with Crippen molar-refractivity contribution in [2.45, 2.75) is 59.0 Å². The molecule has 0 atom stereocenters. The molecule has 0 saturated carbocycles. The molecule has 98 valence electrons. The van der Waals surface area contributed by atoms with E-state index in [2.05, 4.69) is 6.92 Å². The van der Waals surface area contributed by atoms with Crippen molar-refractivity contribution in [2.24, 2.45) is 0 Å². The van der Waals surface area contributed by atoms with Gasteiger partial charge < -0.3 is 9.84 Å². The minimum atomic E-state index is -1.03. The molecule has 0 aromatic rings. The number of carbonyl (C=O) groups is 2. The van der Waals surface area contributed by atoms with Crippen LogP contribution in [0.5, 0.6) is 0 Å². The Bertz CT molecular complexity index is 303. The topological polar surface area (TPSA) is 63.6 Å². The third kappa shape index (κ3) is 6.76. The average molecular weight is 242 g/mol. The molecule has 0 rings (SSSR count). The third-order valence-corrected chi connectivity index (χ3v) is 2.64. The minimum absolute atomic E-state index is 0.276. The molecule has 0 aliphatic rings. The smallest absolute Gasteiger partial charge is 0.328 e. The van der Waals surface area contributed by atoms with Gasteiger partial charge in [-0.25, -0.2) is 4.79 Å². The summed E-state index contributed by atoms with van der Waals surface area (Å²) in [4.78, 5) is 22.1. The number of aliphatic carboxylic acids is 1. The van der Waals surface area contributed by atoms with Crippen molar-refractivity contribution in [1.82, 2.24) is 0 Å². The van der Waals surface area contributed by atoms with Gasteiger partial charge in [-0.15, -0.1) is 0 Å². The molecule has 0 unspecified atom stereocenters. The Labute approximate surface area is 103 Å². The van der Waals surface area contributed by atoms with Crippen molar-refractivity contribution in [2.75, 3.05) is 0 Å². The first-order chi connectivity index (χ1) is 7.79. The second kappa shape index (κ2) is 7.09. The van der Waals surface area contributed by atoms with Gasteiger partial charge in [-0.2, -0.15) is 0 Å².